The lowest BCUT2D eigenvalue weighted by Crippen LogP contribution is -2.39. The Balaban J connectivity index is 2.13. The van der Waals surface area contributed by atoms with Crippen molar-refractivity contribution < 1.29 is 19.1 Å². The second-order valence-corrected chi connectivity index (χ2v) is 6.09. The zero-order chi connectivity index (χ0) is 17.0. The molecule has 23 heavy (non-hydrogen) atoms. The van der Waals surface area contributed by atoms with E-state index in [4.69, 9.17) is 5.11 Å². The minimum Gasteiger partial charge on any atom is -0.396 e. The summed E-state index contributed by atoms with van der Waals surface area (Å²) in [5.41, 5.74) is 0.753. The van der Waals surface area contributed by atoms with Crippen LogP contribution in [0, 0.1) is 11.7 Å². The lowest BCUT2D eigenvalue weighted by molar-refractivity contribution is -0.128. The molecule has 0 aromatic heterocycles. The standard InChI is InChI=1S/C17H23FN2O3/c1-11(4-3-9-21)19-17(23)14-10-15(22)20(2)16(14)12-5-7-13(18)8-6-12/h5-8,11,14,16,21H,3-4,9-10H2,1-2H3,(H,19,23). The molecule has 1 fully saturated rings. The molecule has 3 unspecified atom stereocenters. The van der Waals surface area contributed by atoms with Crippen LogP contribution < -0.4 is 5.32 Å². The molecular weight excluding hydrogens is 299 g/mol. The van der Waals surface area contributed by atoms with Crippen molar-refractivity contribution in [3.63, 3.8) is 0 Å². The maximum absolute atomic E-state index is 13.1. The van der Waals surface area contributed by atoms with Crippen LogP contribution in [0.3, 0.4) is 0 Å². The SMILES string of the molecule is CC(CCCO)NC(=O)C1CC(=O)N(C)C1c1ccc(F)cc1. The molecule has 1 saturated heterocycles. The first-order chi connectivity index (χ1) is 10.9. The van der Waals surface area contributed by atoms with Gasteiger partial charge in [0, 0.05) is 26.1 Å². The Labute approximate surface area is 135 Å². The second-order valence-electron chi connectivity index (χ2n) is 6.09. The van der Waals surface area contributed by atoms with E-state index in [1.54, 1.807) is 24.1 Å². The summed E-state index contributed by atoms with van der Waals surface area (Å²) in [6.07, 6.45) is 1.45. The highest BCUT2D eigenvalue weighted by atomic mass is 19.1. The van der Waals surface area contributed by atoms with Crippen LogP contribution in [-0.4, -0.2) is 41.5 Å². The Morgan fingerprint density at radius 3 is 2.70 bits per heavy atom. The predicted molar refractivity (Wildman–Crippen MR) is 83.9 cm³/mol. The first kappa shape index (κ1) is 17.4. The fourth-order valence-electron chi connectivity index (χ4n) is 3.04. The highest BCUT2D eigenvalue weighted by Crippen LogP contribution is 2.37. The lowest BCUT2D eigenvalue weighted by Gasteiger charge is -2.26. The number of halogens is 1. The van der Waals surface area contributed by atoms with Crippen LogP contribution in [0.4, 0.5) is 4.39 Å². The van der Waals surface area contributed by atoms with Gasteiger partial charge in [0.1, 0.15) is 5.82 Å². The minimum atomic E-state index is -0.491. The number of hydrogen-bond acceptors (Lipinski definition) is 3. The highest BCUT2D eigenvalue weighted by Gasteiger charge is 2.42. The van der Waals surface area contributed by atoms with Crippen molar-refractivity contribution in [2.45, 2.75) is 38.3 Å². The maximum Gasteiger partial charge on any atom is 0.226 e. The average molecular weight is 322 g/mol. The van der Waals surface area contributed by atoms with Crippen LogP contribution in [0.5, 0.6) is 0 Å². The van der Waals surface area contributed by atoms with Crippen molar-refractivity contribution in [3.05, 3.63) is 35.6 Å². The third-order valence-corrected chi connectivity index (χ3v) is 4.32. The summed E-state index contributed by atoms with van der Waals surface area (Å²) in [4.78, 5) is 26.1. The first-order valence-corrected chi connectivity index (χ1v) is 7.86. The molecule has 0 saturated carbocycles. The summed E-state index contributed by atoms with van der Waals surface area (Å²) in [7, 11) is 1.67. The molecule has 2 rings (SSSR count). The van der Waals surface area contributed by atoms with Crippen LogP contribution in [-0.2, 0) is 9.59 Å². The quantitative estimate of drug-likeness (QED) is 0.836. The summed E-state index contributed by atoms with van der Waals surface area (Å²) < 4.78 is 13.1. The van der Waals surface area contributed by atoms with E-state index in [0.29, 0.717) is 12.8 Å². The van der Waals surface area contributed by atoms with Gasteiger partial charge in [-0.3, -0.25) is 9.59 Å². The van der Waals surface area contributed by atoms with Gasteiger partial charge in [0.25, 0.3) is 0 Å². The van der Waals surface area contributed by atoms with E-state index < -0.39 is 5.92 Å². The van der Waals surface area contributed by atoms with Crippen molar-refractivity contribution in [1.82, 2.24) is 10.2 Å². The molecule has 0 aliphatic carbocycles. The lowest BCUT2D eigenvalue weighted by atomic mass is 9.92. The Morgan fingerprint density at radius 1 is 1.43 bits per heavy atom. The van der Waals surface area contributed by atoms with Crippen molar-refractivity contribution in [2.75, 3.05) is 13.7 Å². The van der Waals surface area contributed by atoms with E-state index in [1.165, 1.54) is 12.1 Å². The molecule has 2 N–H and O–H groups in total. The van der Waals surface area contributed by atoms with Gasteiger partial charge in [-0.2, -0.15) is 0 Å². The molecule has 1 aliphatic heterocycles. The van der Waals surface area contributed by atoms with Crippen LogP contribution in [0.1, 0.15) is 37.8 Å². The number of aliphatic hydroxyl groups is 1. The van der Waals surface area contributed by atoms with E-state index in [2.05, 4.69) is 5.32 Å². The van der Waals surface area contributed by atoms with Gasteiger partial charge < -0.3 is 15.3 Å². The third-order valence-electron chi connectivity index (χ3n) is 4.32. The van der Waals surface area contributed by atoms with Gasteiger partial charge in [-0.05, 0) is 37.5 Å². The van der Waals surface area contributed by atoms with Crippen LogP contribution in [0.2, 0.25) is 0 Å². The summed E-state index contributed by atoms with van der Waals surface area (Å²) in [6, 6.07) is 5.46. The largest absolute Gasteiger partial charge is 0.396 e. The molecule has 1 aromatic carbocycles. The van der Waals surface area contributed by atoms with Gasteiger partial charge >= 0.3 is 0 Å². The fourth-order valence-corrected chi connectivity index (χ4v) is 3.04. The first-order valence-electron chi connectivity index (χ1n) is 7.86. The Hall–Kier alpha value is -1.95. The monoisotopic (exact) mass is 322 g/mol. The van der Waals surface area contributed by atoms with Gasteiger partial charge in [0.15, 0.2) is 0 Å². The number of nitrogens with one attached hydrogen (secondary N) is 1. The smallest absolute Gasteiger partial charge is 0.226 e. The fraction of sp³-hybridized carbons (Fsp3) is 0.529. The molecule has 5 nitrogen and oxygen atoms in total. The molecular formula is C17H23FN2O3. The van der Waals surface area contributed by atoms with Crippen molar-refractivity contribution in [1.29, 1.82) is 0 Å². The highest BCUT2D eigenvalue weighted by molar-refractivity contribution is 5.90. The maximum atomic E-state index is 13.1. The summed E-state index contributed by atoms with van der Waals surface area (Å²) in [6.45, 7) is 1.96. The molecule has 0 spiro atoms. The normalized spacial score (nSPS) is 22.3. The summed E-state index contributed by atoms with van der Waals surface area (Å²) >= 11 is 0. The van der Waals surface area contributed by atoms with Gasteiger partial charge in [-0.25, -0.2) is 4.39 Å². The van der Waals surface area contributed by atoms with E-state index in [-0.39, 0.29) is 42.7 Å². The molecule has 3 atom stereocenters. The zero-order valence-electron chi connectivity index (χ0n) is 13.5. The van der Waals surface area contributed by atoms with E-state index in [9.17, 15) is 14.0 Å². The summed E-state index contributed by atoms with van der Waals surface area (Å²) in [5, 5.41) is 11.8. The topological polar surface area (TPSA) is 69.6 Å². The van der Waals surface area contributed by atoms with Crippen LogP contribution in [0.15, 0.2) is 24.3 Å². The number of hydrogen-bond donors (Lipinski definition) is 2. The number of carbonyl (C=O) groups excluding carboxylic acids is 2. The zero-order valence-corrected chi connectivity index (χ0v) is 13.5. The van der Waals surface area contributed by atoms with Gasteiger partial charge in [-0.1, -0.05) is 12.1 Å². The van der Waals surface area contributed by atoms with Crippen molar-refractivity contribution in [2.24, 2.45) is 5.92 Å². The minimum absolute atomic E-state index is 0.0653. The number of amides is 2. The molecule has 0 bridgehead atoms. The second kappa shape index (κ2) is 7.55. The third kappa shape index (κ3) is 4.07. The van der Waals surface area contributed by atoms with Gasteiger partial charge in [0.05, 0.1) is 12.0 Å². The molecule has 1 aromatic rings. The van der Waals surface area contributed by atoms with Crippen molar-refractivity contribution in [3.8, 4) is 0 Å². The molecule has 6 heteroatoms. The number of aliphatic hydroxyl groups excluding tert-OH is 1. The summed E-state index contributed by atoms with van der Waals surface area (Å²) in [5.74, 6) is -1.11. The van der Waals surface area contributed by atoms with E-state index >= 15 is 0 Å². The number of carbonyl (C=O) groups is 2. The van der Waals surface area contributed by atoms with Gasteiger partial charge in [0.2, 0.25) is 11.8 Å². The molecule has 1 heterocycles. The molecule has 2 amide bonds. The number of nitrogens with zero attached hydrogens (tertiary/aromatic N) is 1. The van der Waals surface area contributed by atoms with E-state index in [0.717, 1.165) is 5.56 Å². The molecule has 0 radical (unpaired) electrons. The van der Waals surface area contributed by atoms with Gasteiger partial charge in [-0.15, -0.1) is 0 Å². The van der Waals surface area contributed by atoms with E-state index in [1.807, 2.05) is 6.92 Å². The van der Waals surface area contributed by atoms with Crippen LogP contribution >= 0.6 is 0 Å². The predicted octanol–water partition coefficient (Wildman–Crippen LogP) is 1.62. The number of rotatable bonds is 6. The Morgan fingerprint density at radius 2 is 2.09 bits per heavy atom. The molecule has 1 aliphatic rings. The average Bonchev–Trinajstić information content (AvgIpc) is 2.82. The Kier molecular flexibility index (Phi) is 5.71. The number of benzene rings is 1. The molecule has 126 valence electrons. The Bertz CT molecular complexity index is 561. The van der Waals surface area contributed by atoms with Crippen molar-refractivity contribution >= 4 is 11.8 Å². The number of likely N-dealkylation sites (tertiary alicyclic amines) is 1. The van der Waals surface area contributed by atoms with Crippen LogP contribution in [0.25, 0.3) is 0 Å².